The largest absolute Gasteiger partial charge is 0.493 e. The number of amides is 2. The highest BCUT2D eigenvalue weighted by Crippen LogP contribution is 2.33. The summed E-state index contributed by atoms with van der Waals surface area (Å²) in [6.45, 7) is 1.54. The molecule has 186 valence electrons. The van der Waals surface area contributed by atoms with Crippen molar-refractivity contribution in [2.24, 2.45) is 5.92 Å². The number of hydrogen-bond acceptors (Lipinski definition) is 6. The van der Waals surface area contributed by atoms with Gasteiger partial charge in [-0.15, -0.1) is 0 Å². The van der Waals surface area contributed by atoms with Crippen LogP contribution in [-0.2, 0) is 19.1 Å². The van der Waals surface area contributed by atoms with Gasteiger partial charge in [-0.1, -0.05) is 29.8 Å². The molecule has 0 aliphatic carbocycles. The molecule has 1 aliphatic rings. The molecule has 0 radical (unpaired) electrons. The number of benzene rings is 3. The van der Waals surface area contributed by atoms with Crippen LogP contribution in [0.3, 0.4) is 0 Å². The van der Waals surface area contributed by atoms with Crippen molar-refractivity contribution in [3.63, 3.8) is 0 Å². The summed E-state index contributed by atoms with van der Waals surface area (Å²) in [6.07, 6.45) is 0.00726. The molecule has 0 aromatic heterocycles. The van der Waals surface area contributed by atoms with Crippen LogP contribution in [0, 0.1) is 12.8 Å². The summed E-state index contributed by atoms with van der Waals surface area (Å²) in [6, 6.07) is 19.4. The van der Waals surface area contributed by atoms with Gasteiger partial charge in [0.2, 0.25) is 5.91 Å². The highest BCUT2D eigenvalue weighted by molar-refractivity contribution is 6.31. The third-order valence-corrected chi connectivity index (χ3v) is 5.96. The molecule has 0 bridgehead atoms. The molecule has 36 heavy (non-hydrogen) atoms. The van der Waals surface area contributed by atoms with Crippen LogP contribution >= 0.6 is 11.6 Å². The number of nitrogens with zero attached hydrogens (tertiary/aromatic N) is 1. The molecule has 1 atom stereocenters. The molecule has 1 N–H and O–H groups in total. The molecule has 1 saturated heterocycles. The number of rotatable bonds is 8. The van der Waals surface area contributed by atoms with E-state index in [1.54, 1.807) is 61.7 Å². The topological polar surface area (TPSA) is 94.2 Å². The molecule has 0 saturated carbocycles. The fourth-order valence-electron chi connectivity index (χ4n) is 3.81. The van der Waals surface area contributed by atoms with Gasteiger partial charge in [0.05, 0.1) is 13.0 Å². The Morgan fingerprint density at radius 3 is 2.50 bits per heavy atom. The van der Waals surface area contributed by atoms with Crippen molar-refractivity contribution in [3.05, 3.63) is 77.3 Å². The van der Waals surface area contributed by atoms with Crippen molar-refractivity contribution in [1.82, 2.24) is 0 Å². The zero-order valence-electron chi connectivity index (χ0n) is 19.8. The van der Waals surface area contributed by atoms with E-state index < -0.39 is 24.4 Å². The maximum Gasteiger partial charge on any atom is 0.311 e. The Morgan fingerprint density at radius 1 is 1.06 bits per heavy atom. The van der Waals surface area contributed by atoms with Crippen molar-refractivity contribution in [2.75, 3.05) is 30.5 Å². The summed E-state index contributed by atoms with van der Waals surface area (Å²) < 4.78 is 16.3. The van der Waals surface area contributed by atoms with E-state index in [0.29, 0.717) is 33.6 Å². The van der Waals surface area contributed by atoms with Crippen LogP contribution in [0.1, 0.15) is 12.0 Å². The average molecular weight is 509 g/mol. The number of para-hydroxylation sites is 2. The first-order chi connectivity index (χ1) is 17.3. The van der Waals surface area contributed by atoms with Crippen LogP contribution < -0.4 is 19.7 Å². The lowest BCUT2D eigenvalue weighted by molar-refractivity contribution is -0.151. The van der Waals surface area contributed by atoms with Gasteiger partial charge >= 0.3 is 5.97 Å². The van der Waals surface area contributed by atoms with Crippen molar-refractivity contribution >= 4 is 40.8 Å². The third kappa shape index (κ3) is 5.95. The predicted octanol–water partition coefficient (Wildman–Crippen LogP) is 4.98. The standard InChI is InChI=1S/C27H25ClN2O6/c1-17-7-8-19(28)14-22(17)29-25(31)16-35-27(33)18-13-26(32)30(15-18)20-9-11-21(12-10-20)36-24-6-4-3-5-23(24)34-2/h3-12,14,18H,13,15-16H2,1-2H3,(H,29,31)/t18-/m1/s1. The van der Waals surface area contributed by atoms with E-state index in [1.165, 1.54) is 4.90 Å². The molecular weight excluding hydrogens is 484 g/mol. The minimum atomic E-state index is -0.664. The monoisotopic (exact) mass is 508 g/mol. The number of halogens is 1. The molecular formula is C27H25ClN2O6. The Bertz CT molecular complexity index is 1280. The van der Waals surface area contributed by atoms with Gasteiger partial charge < -0.3 is 24.4 Å². The van der Waals surface area contributed by atoms with E-state index in [0.717, 1.165) is 5.56 Å². The number of nitrogens with one attached hydrogen (secondary N) is 1. The quantitative estimate of drug-likeness (QED) is 0.431. The van der Waals surface area contributed by atoms with Crippen LogP contribution in [0.2, 0.25) is 5.02 Å². The highest BCUT2D eigenvalue weighted by atomic mass is 35.5. The summed E-state index contributed by atoms with van der Waals surface area (Å²) in [5.74, 6) is -0.194. The minimum absolute atomic E-state index is 0.00726. The summed E-state index contributed by atoms with van der Waals surface area (Å²) in [5, 5.41) is 3.16. The second kappa shape index (κ2) is 11.1. The van der Waals surface area contributed by atoms with E-state index in [-0.39, 0.29) is 18.9 Å². The van der Waals surface area contributed by atoms with Gasteiger partial charge in [0.15, 0.2) is 18.1 Å². The maximum atomic E-state index is 12.6. The summed E-state index contributed by atoms with van der Waals surface area (Å²) in [7, 11) is 1.57. The number of carbonyl (C=O) groups is 3. The highest BCUT2D eigenvalue weighted by Gasteiger charge is 2.36. The predicted molar refractivity (Wildman–Crippen MR) is 136 cm³/mol. The van der Waals surface area contributed by atoms with Crippen molar-refractivity contribution < 1.29 is 28.6 Å². The first-order valence-corrected chi connectivity index (χ1v) is 11.7. The van der Waals surface area contributed by atoms with Crippen molar-refractivity contribution in [2.45, 2.75) is 13.3 Å². The molecule has 3 aromatic carbocycles. The van der Waals surface area contributed by atoms with E-state index in [2.05, 4.69) is 5.32 Å². The lowest BCUT2D eigenvalue weighted by Gasteiger charge is -2.17. The lowest BCUT2D eigenvalue weighted by Crippen LogP contribution is -2.28. The molecule has 8 nitrogen and oxygen atoms in total. The van der Waals surface area contributed by atoms with Crippen molar-refractivity contribution in [1.29, 1.82) is 0 Å². The number of hydrogen-bond donors (Lipinski definition) is 1. The maximum absolute atomic E-state index is 12.6. The third-order valence-electron chi connectivity index (χ3n) is 5.72. The normalized spacial score (nSPS) is 14.9. The molecule has 0 spiro atoms. The van der Waals surface area contributed by atoms with Gasteiger partial charge in [-0.25, -0.2) is 0 Å². The number of esters is 1. The number of carbonyl (C=O) groups excluding carboxylic acids is 3. The zero-order valence-corrected chi connectivity index (χ0v) is 20.6. The second-order valence-electron chi connectivity index (χ2n) is 8.27. The Labute approximate surface area is 213 Å². The molecule has 1 fully saturated rings. The minimum Gasteiger partial charge on any atom is -0.493 e. The summed E-state index contributed by atoms with van der Waals surface area (Å²) in [4.78, 5) is 38.8. The van der Waals surface area contributed by atoms with Crippen LogP contribution in [0.4, 0.5) is 11.4 Å². The van der Waals surface area contributed by atoms with Crippen LogP contribution in [-0.4, -0.2) is 38.0 Å². The lowest BCUT2D eigenvalue weighted by atomic mass is 10.1. The molecule has 0 unspecified atom stereocenters. The molecule has 1 heterocycles. The molecule has 3 aromatic rings. The number of aryl methyl sites for hydroxylation is 1. The van der Waals surface area contributed by atoms with E-state index in [9.17, 15) is 14.4 Å². The van der Waals surface area contributed by atoms with Gasteiger partial charge in [0.25, 0.3) is 5.91 Å². The number of anilines is 2. The smallest absolute Gasteiger partial charge is 0.311 e. The Morgan fingerprint density at radius 2 is 1.78 bits per heavy atom. The fraction of sp³-hybridized carbons (Fsp3) is 0.222. The van der Waals surface area contributed by atoms with Gasteiger partial charge in [-0.3, -0.25) is 14.4 Å². The zero-order chi connectivity index (χ0) is 25.7. The number of methoxy groups -OCH3 is 1. The van der Waals surface area contributed by atoms with Crippen molar-refractivity contribution in [3.8, 4) is 17.2 Å². The first kappa shape index (κ1) is 25.1. The molecule has 4 rings (SSSR count). The summed E-state index contributed by atoms with van der Waals surface area (Å²) >= 11 is 5.96. The molecule has 9 heteroatoms. The summed E-state index contributed by atoms with van der Waals surface area (Å²) in [5.41, 5.74) is 2.01. The second-order valence-corrected chi connectivity index (χ2v) is 8.70. The average Bonchev–Trinajstić information content (AvgIpc) is 3.27. The number of ether oxygens (including phenoxy) is 3. The van der Waals surface area contributed by atoms with Gasteiger partial charge in [0, 0.05) is 29.4 Å². The molecule has 1 aliphatic heterocycles. The Balaban J connectivity index is 1.31. The van der Waals surface area contributed by atoms with Crippen LogP contribution in [0.5, 0.6) is 17.2 Å². The van der Waals surface area contributed by atoms with E-state index >= 15 is 0 Å². The van der Waals surface area contributed by atoms with Crippen LogP contribution in [0.15, 0.2) is 66.7 Å². The van der Waals surface area contributed by atoms with Gasteiger partial charge in [-0.2, -0.15) is 0 Å². The van der Waals surface area contributed by atoms with Gasteiger partial charge in [-0.05, 0) is 61.0 Å². The first-order valence-electron chi connectivity index (χ1n) is 11.3. The van der Waals surface area contributed by atoms with E-state index in [4.69, 9.17) is 25.8 Å². The SMILES string of the molecule is COc1ccccc1Oc1ccc(N2C[C@H](C(=O)OCC(=O)Nc3cc(Cl)ccc3C)CC2=O)cc1. The fourth-order valence-corrected chi connectivity index (χ4v) is 3.98. The van der Waals surface area contributed by atoms with Crippen LogP contribution in [0.25, 0.3) is 0 Å². The van der Waals surface area contributed by atoms with E-state index in [1.807, 2.05) is 19.1 Å². The molecule has 2 amide bonds. The van der Waals surface area contributed by atoms with Gasteiger partial charge in [0.1, 0.15) is 5.75 Å². The Kier molecular flexibility index (Phi) is 7.75. The Hall–Kier alpha value is -4.04.